The van der Waals surface area contributed by atoms with Crippen LogP contribution >= 0.6 is 0 Å². The fraction of sp³-hybridized carbons (Fsp3) is 0. The molecule has 3 aromatic carbocycles. The molecule has 3 aromatic rings. The van der Waals surface area contributed by atoms with E-state index in [1.807, 2.05) is 60.7 Å². The first kappa shape index (κ1) is 15.0. The quantitative estimate of drug-likeness (QED) is 0.731. The number of hydrogen-bond donors (Lipinski definition) is 2. The van der Waals surface area contributed by atoms with Gasteiger partial charge in [0.15, 0.2) is 0 Å². The molecule has 0 aliphatic heterocycles. The van der Waals surface area contributed by atoms with Crippen molar-refractivity contribution in [3.63, 3.8) is 0 Å². The second-order valence-corrected chi connectivity index (χ2v) is 5.21. The van der Waals surface area contributed by atoms with Gasteiger partial charge in [0.25, 0.3) is 0 Å². The molecule has 0 atom stereocenters. The molecule has 3 nitrogen and oxygen atoms in total. The SMILES string of the molecule is N#Cc1c(-c2ccccc2)cc(B(O)O)cc1-c1ccccc1. The molecule has 0 saturated carbocycles. The van der Waals surface area contributed by atoms with Crippen molar-refractivity contribution in [2.24, 2.45) is 0 Å². The highest BCUT2D eigenvalue weighted by Gasteiger charge is 2.19. The molecule has 0 aliphatic carbocycles. The predicted molar refractivity (Wildman–Crippen MR) is 91.9 cm³/mol. The lowest BCUT2D eigenvalue weighted by Crippen LogP contribution is -2.30. The van der Waals surface area contributed by atoms with Crippen molar-refractivity contribution in [2.45, 2.75) is 0 Å². The summed E-state index contributed by atoms with van der Waals surface area (Å²) in [5.41, 5.74) is 4.00. The summed E-state index contributed by atoms with van der Waals surface area (Å²) in [6.07, 6.45) is 0. The Morgan fingerprint density at radius 1 is 0.739 bits per heavy atom. The van der Waals surface area contributed by atoms with E-state index >= 15 is 0 Å². The maximum atomic E-state index is 9.68. The lowest BCUT2D eigenvalue weighted by atomic mass is 9.76. The molecule has 0 unspecified atom stereocenters. The Morgan fingerprint density at radius 2 is 1.17 bits per heavy atom. The van der Waals surface area contributed by atoms with E-state index in [0.717, 1.165) is 11.1 Å². The Morgan fingerprint density at radius 3 is 1.52 bits per heavy atom. The number of nitriles is 1. The zero-order chi connectivity index (χ0) is 16.2. The molecule has 4 heteroatoms. The largest absolute Gasteiger partial charge is 0.488 e. The van der Waals surface area contributed by atoms with Gasteiger partial charge in [-0.15, -0.1) is 0 Å². The number of hydrogen-bond acceptors (Lipinski definition) is 3. The fourth-order valence-electron chi connectivity index (χ4n) is 2.62. The van der Waals surface area contributed by atoms with Gasteiger partial charge in [0.2, 0.25) is 0 Å². The van der Waals surface area contributed by atoms with Gasteiger partial charge < -0.3 is 10.0 Å². The summed E-state index contributed by atoms with van der Waals surface area (Å²) in [4.78, 5) is 0. The average molecular weight is 299 g/mol. The predicted octanol–water partition coefficient (Wildman–Crippen LogP) is 2.57. The van der Waals surface area contributed by atoms with Crippen LogP contribution in [0.4, 0.5) is 0 Å². The van der Waals surface area contributed by atoms with Crippen molar-refractivity contribution in [1.82, 2.24) is 0 Å². The van der Waals surface area contributed by atoms with Gasteiger partial charge in [0.1, 0.15) is 6.07 Å². The molecule has 110 valence electrons. The highest BCUT2D eigenvalue weighted by Crippen LogP contribution is 2.31. The molecule has 0 aliphatic rings. The molecule has 23 heavy (non-hydrogen) atoms. The summed E-state index contributed by atoms with van der Waals surface area (Å²) < 4.78 is 0. The Labute approximate surface area is 135 Å². The van der Waals surface area contributed by atoms with E-state index in [1.54, 1.807) is 12.1 Å². The van der Waals surface area contributed by atoms with Crippen LogP contribution in [-0.4, -0.2) is 17.2 Å². The first-order valence-electron chi connectivity index (χ1n) is 7.25. The Kier molecular flexibility index (Phi) is 4.25. The molecule has 0 bridgehead atoms. The third-order valence-corrected chi connectivity index (χ3v) is 3.74. The molecule has 2 N–H and O–H groups in total. The maximum absolute atomic E-state index is 9.68. The van der Waals surface area contributed by atoms with Crippen LogP contribution in [0.25, 0.3) is 22.3 Å². The first-order valence-corrected chi connectivity index (χ1v) is 7.25. The summed E-state index contributed by atoms with van der Waals surface area (Å²) in [6.45, 7) is 0. The highest BCUT2D eigenvalue weighted by molar-refractivity contribution is 6.59. The topological polar surface area (TPSA) is 64.2 Å². The van der Waals surface area contributed by atoms with Crippen LogP contribution < -0.4 is 5.46 Å². The summed E-state index contributed by atoms with van der Waals surface area (Å²) in [6, 6.07) is 24.5. The van der Waals surface area contributed by atoms with Gasteiger partial charge in [-0.3, -0.25) is 0 Å². The minimum Gasteiger partial charge on any atom is -0.423 e. The van der Waals surface area contributed by atoms with Crippen LogP contribution in [0.3, 0.4) is 0 Å². The summed E-state index contributed by atoms with van der Waals surface area (Å²) in [5.74, 6) is 0. The molecule has 0 spiro atoms. The van der Waals surface area contributed by atoms with Crippen LogP contribution in [0.15, 0.2) is 72.8 Å². The van der Waals surface area contributed by atoms with Crippen molar-refractivity contribution < 1.29 is 10.0 Å². The Hall–Kier alpha value is -2.87. The number of benzene rings is 3. The highest BCUT2D eigenvalue weighted by atomic mass is 16.4. The van der Waals surface area contributed by atoms with E-state index < -0.39 is 7.12 Å². The minimum absolute atomic E-state index is 0.363. The van der Waals surface area contributed by atoms with Gasteiger partial charge in [-0.1, -0.05) is 72.8 Å². The Bertz CT molecular complexity index is 795. The van der Waals surface area contributed by atoms with Crippen LogP contribution in [0, 0.1) is 11.3 Å². The number of rotatable bonds is 3. The molecule has 0 fully saturated rings. The lowest BCUT2D eigenvalue weighted by Gasteiger charge is -2.13. The van der Waals surface area contributed by atoms with Gasteiger partial charge in [-0.05, 0) is 27.7 Å². The van der Waals surface area contributed by atoms with E-state index in [2.05, 4.69) is 6.07 Å². The summed E-state index contributed by atoms with van der Waals surface area (Å²) >= 11 is 0. The van der Waals surface area contributed by atoms with Crippen molar-refractivity contribution in [3.8, 4) is 28.3 Å². The lowest BCUT2D eigenvalue weighted by molar-refractivity contribution is 0.426. The van der Waals surface area contributed by atoms with Crippen molar-refractivity contribution in [3.05, 3.63) is 78.4 Å². The van der Waals surface area contributed by atoms with E-state index in [-0.39, 0.29) is 0 Å². The van der Waals surface area contributed by atoms with Gasteiger partial charge in [0.05, 0.1) is 5.56 Å². The third-order valence-electron chi connectivity index (χ3n) is 3.74. The van der Waals surface area contributed by atoms with E-state index in [9.17, 15) is 15.3 Å². The van der Waals surface area contributed by atoms with Crippen LogP contribution in [0.1, 0.15) is 5.56 Å². The van der Waals surface area contributed by atoms with Gasteiger partial charge in [-0.25, -0.2) is 0 Å². The molecule has 0 heterocycles. The third kappa shape index (κ3) is 3.02. The minimum atomic E-state index is -1.59. The molecular weight excluding hydrogens is 285 g/mol. The van der Waals surface area contributed by atoms with E-state index in [4.69, 9.17) is 0 Å². The monoisotopic (exact) mass is 299 g/mol. The second kappa shape index (κ2) is 6.49. The van der Waals surface area contributed by atoms with Gasteiger partial charge >= 0.3 is 7.12 Å². The van der Waals surface area contributed by atoms with Crippen molar-refractivity contribution in [1.29, 1.82) is 5.26 Å². The molecule has 3 rings (SSSR count). The fourth-order valence-corrected chi connectivity index (χ4v) is 2.62. The maximum Gasteiger partial charge on any atom is 0.488 e. The molecule has 0 aromatic heterocycles. The Balaban J connectivity index is 2.32. The smallest absolute Gasteiger partial charge is 0.423 e. The zero-order valence-corrected chi connectivity index (χ0v) is 12.3. The molecule has 0 saturated heterocycles. The second-order valence-electron chi connectivity index (χ2n) is 5.21. The van der Waals surface area contributed by atoms with E-state index in [0.29, 0.717) is 22.2 Å². The van der Waals surface area contributed by atoms with Gasteiger partial charge in [-0.2, -0.15) is 5.26 Å². The molecule has 0 amide bonds. The standard InChI is InChI=1S/C19H14BNO2/c21-13-19-17(14-7-3-1-4-8-14)11-16(20(22)23)12-18(19)15-9-5-2-6-10-15/h1-12,22-23H. The van der Waals surface area contributed by atoms with Crippen LogP contribution in [0.5, 0.6) is 0 Å². The molecular formula is C19H14BNO2. The average Bonchev–Trinajstić information content (AvgIpc) is 2.62. The number of nitrogens with zero attached hydrogens (tertiary/aromatic N) is 1. The van der Waals surface area contributed by atoms with Crippen LogP contribution in [-0.2, 0) is 0 Å². The van der Waals surface area contributed by atoms with Crippen LogP contribution in [0.2, 0.25) is 0 Å². The molecule has 0 radical (unpaired) electrons. The summed E-state index contributed by atoms with van der Waals surface area (Å²) in [7, 11) is -1.59. The van der Waals surface area contributed by atoms with Crippen molar-refractivity contribution in [2.75, 3.05) is 0 Å². The van der Waals surface area contributed by atoms with Gasteiger partial charge in [0, 0.05) is 0 Å². The first-order chi connectivity index (χ1) is 11.2. The van der Waals surface area contributed by atoms with Crippen molar-refractivity contribution >= 4 is 12.6 Å². The normalized spacial score (nSPS) is 10.1. The summed E-state index contributed by atoms with van der Waals surface area (Å²) in [5, 5.41) is 28.9. The van der Waals surface area contributed by atoms with E-state index in [1.165, 1.54) is 0 Å². The zero-order valence-electron chi connectivity index (χ0n) is 12.3.